The van der Waals surface area contributed by atoms with Crippen molar-refractivity contribution in [2.45, 2.75) is 38.5 Å². The number of unbranched alkanes of at least 4 members (excludes halogenated alkanes) is 2. The van der Waals surface area contributed by atoms with Gasteiger partial charge >= 0.3 is 23.9 Å². The summed E-state index contributed by atoms with van der Waals surface area (Å²) in [5, 5.41) is 33.7. The number of aromatic carboxylic acids is 2. The molecule has 0 aliphatic rings. The highest BCUT2D eigenvalue weighted by Gasteiger charge is 2.05. The van der Waals surface area contributed by atoms with Gasteiger partial charge in [-0.25, -0.2) is 9.59 Å². The highest BCUT2D eigenvalue weighted by molar-refractivity contribution is 5.91. The molecule has 0 aromatic heterocycles. The number of esters is 1. The first-order valence-corrected chi connectivity index (χ1v) is 8.32. The number of carboxylic acids is 3. The van der Waals surface area contributed by atoms with Crippen LogP contribution < -0.4 is 0 Å². The van der Waals surface area contributed by atoms with E-state index in [9.17, 15) is 19.2 Å². The maximum Gasteiger partial charge on any atom is 0.335 e. The molecule has 9 nitrogen and oxygen atoms in total. The normalized spacial score (nSPS) is 9.67. The zero-order valence-corrected chi connectivity index (χ0v) is 14.8. The average molecular weight is 384 g/mol. The molecule has 1 rings (SSSR count). The van der Waals surface area contributed by atoms with E-state index >= 15 is 0 Å². The molecule has 9 heteroatoms. The summed E-state index contributed by atoms with van der Waals surface area (Å²) in [5.41, 5.74) is 0.167. The van der Waals surface area contributed by atoms with Crippen molar-refractivity contribution >= 4 is 23.9 Å². The Morgan fingerprint density at radius 1 is 0.741 bits per heavy atom. The molecule has 0 spiro atoms. The first-order chi connectivity index (χ1) is 12.8. The van der Waals surface area contributed by atoms with E-state index in [4.69, 9.17) is 25.2 Å². The highest BCUT2D eigenvalue weighted by atomic mass is 16.5. The van der Waals surface area contributed by atoms with Gasteiger partial charge in [-0.1, -0.05) is 0 Å². The fourth-order valence-electron chi connectivity index (χ4n) is 1.77. The van der Waals surface area contributed by atoms with Crippen molar-refractivity contribution in [3.63, 3.8) is 0 Å². The molecule has 4 N–H and O–H groups in total. The second kappa shape index (κ2) is 14.3. The largest absolute Gasteiger partial charge is 0.481 e. The number of aliphatic hydroxyl groups is 1. The van der Waals surface area contributed by atoms with E-state index in [0.717, 1.165) is 0 Å². The van der Waals surface area contributed by atoms with Gasteiger partial charge in [-0.15, -0.1) is 0 Å². The van der Waals surface area contributed by atoms with Crippen LogP contribution in [0.15, 0.2) is 24.3 Å². The zero-order chi connectivity index (χ0) is 20.7. The lowest BCUT2D eigenvalue weighted by atomic mass is 10.1. The van der Waals surface area contributed by atoms with Crippen molar-refractivity contribution in [1.82, 2.24) is 0 Å². The molecule has 0 fully saturated rings. The molecule has 1 aromatic rings. The third-order valence-corrected chi connectivity index (χ3v) is 3.22. The quantitative estimate of drug-likeness (QED) is 0.331. The van der Waals surface area contributed by atoms with E-state index in [1.54, 1.807) is 0 Å². The molecule has 0 atom stereocenters. The molecule has 0 amide bonds. The summed E-state index contributed by atoms with van der Waals surface area (Å²) in [4.78, 5) is 41.8. The number of hydrogen-bond donors (Lipinski definition) is 4. The van der Waals surface area contributed by atoms with Gasteiger partial charge in [-0.05, 0) is 49.9 Å². The minimum absolute atomic E-state index is 0.0833. The Morgan fingerprint density at radius 2 is 1.22 bits per heavy atom. The Labute approximate surface area is 156 Å². The smallest absolute Gasteiger partial charge is 0.335 e. The van der Waals surface area contributed by atoms with E-state index in [-0.39, 0.29) is 36.5 Å². The number of carbonyl (C=O) groups excluding carboxylic acids is 1. The van der Waals surface area contributed by atoms with Crippen molar-refractivity contribution in [3.05, 3.63) is 35.4 Å². The van der Waals surface area contributed by atoms with Crippen molar-refractivity contribution in [3.8, 4) is 0 Å². The summed E-state index contributed by atoms with van der Waals surface area (Å²) in [5.74, 6) is -3.26. The molecule has 0 heterocycles. The first-order valence-electron chi connectivity index (χ1n) is 8.32. The summed E-state index contributed by atoms with van der Waals surface area (Å²) in [6.07, 6.45) is 2.71. The Bertz CT molecular complexity index is 575. The molecule has 0 bridgehead atoms. The molecule has 1 aromatic carbocycles. The summed E-state index contributed by atoms with van der Waals surface area (Å²) >= 11 is 0. The lowest BCUT2D eigenvalue weighted by Crippen LogP contribution is -2.06. The number of carboxylic acid groups (broad SMARTS) is 3. The molecule has 0 saturated carbocycles. The van der Waals surface area contributed by atoms with Crippen LogP contribution in [-0.2, 0) is 14.3 Å². The van der Waals surface area contributed by atoms with Gasteiger partial charge in [0.05, 0.1) is 17.7 Å². The summed E-state index contributed by atoms with van der Waals surface area (Å²) < 4.78 is 4.85. The van der Waals surface area contributed by atoms with Crippen LogP contribution in [0, 0.1) is 0 Å². The minimum Gasteiger partial charge on any atom is -0.481 e. The molecule has 0 unspecified atom stereocenters. The molecular weight excluding hydrogens is 360 g/mol. The van der Waals surface area contributed by atoms with E-state index < -0.39 is 17.9 Å². The van der Waals surface area contributed by atoms with Crippen LogP contribution in [0.25, 0.3) is 0 Å². The van der Waals surface area contributed by atoms with Crippen molar-refractivity contribution in [1.29, 1.82) is 0 Å². The monoisotopic (exact) mass is 384 g/mol. The first kappa shape index (κ1) is 24.1. The number of carbonyl (C=O) groups is 4. The van der Waals surface area contributed by atoms with Crippen LogP contribution in [0.5, 0.6) is 0 Å². The van der Waals surface area contributed by atoms with Gasteiger partial charge < -0.3 is 25.2 Å². The van der Waals surface area contributed by atoms with Gasteiger partial charge in [0.15, 0.2) is 0 Å². The Morgan fingerprint density at radius 3 is 1.63 bits per heavy atom. The number of benzene rings is 1. The maximum atomic E-state index is 11.0. The minimum atomic E-state index is -1.06. The number of hydrogen-bond acceptors (Lipinski definition) is 6. The lowest BCUT2D eigenvalue weighted by Gasteiger charge is -2.03. The standard InChI is InChI=1S/C10H18O5.C8H6O4/c11-7-3-4-8-15-10(14)6-2-1-5-9(12)13;9-7(10)5-1-2-6(4-3-5)8(11)12/h11H,1-8H2,(H,12,13);1-4H,(H,9,10)(H,11,12). The topological polar surface area (TPSA) is 158 Å². The van der Waals surface area contributed by atoms with E-state index in [0.29, 0.717) is 32.3 Å². The molecule has 0 aliphatic carbocycles. The van der Waals surface area contributed by atoms with E-state index in [1.165, 1.54) is 24.3 Å². The van der Waals surface area contributed by atoms with Crippen LogP contribution in [-0.4, -0.2) is 57.5 Å². The molecule has 0 saturated heterocycles. The molecule has 0 aliphatic heterocycles. The number of rotatable bonds is 11. The second-order valence-corrected chi connectivity index (χ2v) is 5.44. The third kappa shape index (κ3) is 13.0. The number of aliphatic hydroxyl groups excluding tert-OH is 1. The predicted molar refractivity (Wildman–Crippen MR) is 93.7 cm³/mol. The Balaban J connectivity index is 0.000000511. The van der Waals surface area contributed by atoms with Gasteiger partial charge in [0, 0.05) is 19.4 Å². The molecule has 27 heavy (non-hydrogen) atoms. The van der Waals surface area contributed by atoms with Crippen molar-refractivity contribution in [2.24, 2.45) is 0 Å². The van der Waals surface area contributed by atoms with E-state index in [1.807, 2.05) is 0 Å². The van der Waals surface area contributed by atoms with Crippen LogP contribution in [0.3, 0.4) is 0 Å². The van der Waals surface area contributed by atoms with Crippen molar-refractivity contribution in [2.75, 3.05) is 13.2 Å². The van der Waals surface area contributed by atoms with Gasteiger partial charge in [0.2, 0.25) is 0 Å². The Hall–Kier alpha value is -2.94. The maximum absolute atomic E-state index is 11.0. The van der Waals surface area contributed by atoms with Gasteiger partial charge in [-0.2, -0.15) is 0 Å². The third-order valence-electron chi connectivity index (χ3n) is 3.22. The van der Waals surface area contributed by atoms with Crippen molar-refractivity contribution < 1.29 is 44.3 Å². The molecule has 150 valence electrons. The number of ether oxygens (including phenoxy) is 1. The predicted octanol–water partition coefficient (Wildman–Crippen LogP) is 2.03. The summed E-state index contributed by atoms with van der Waals surface area (Å²) in [6, 6.07) is 5.02. The molecular formula is C18H24O9. The fraction of sp³-hybridized carbons (Fsp3) is 0.444. The Kier molecular flexibility index (Phi) is 12.7. The van der Waals surface area contributed by atoms with Crippen LogP contribution in [0.4, 0.5) is 0 Å². The fourth-order valence-corrected chi connectivity index (χ4v) is 1.77. The lowest BCUT2D eigenvalue weighted by molar-refractivity contribution is -0.144. The van der Waals surface area contributed by atoms with Gasteiger partial charge in [0.25, 0.3) is 0 Å². The number of aliphatic carboxylic acids is 1. The SMILES string of the molecule is O=C(O)CCCCC(=O)OCCCCO.O=C(O)c1ccc(C(=O)O)cc1. The van der Waals surface area contributed by atoms with Crippen LogP contribution in [0.2, 0.25) is 0 Å². The second-order valence-electron chi connectivity index (χ2n) is 5.44. The molecule has 0 radical (unpaired) electrons. The highest BCUT2D eigenvalue weighted by Crippen LogP contribution is 2.04. The summed E-state index contributed by atoms with van der Waals surface area (Å²) in [6.45, 7) is 0.439. The zero-order valence-electron chi connectivity index (χ0n) is 14.8. The van der Waals surface area contributed by atoms with Crippen LogP contribution >= 0.6 is 0 Å². The van der Waals surface area contributed by atoms with Gasteiger partial charge in [-0.3, -0.25) is 9.59 Å². The average Bonchev–Trinajstić information content (AvgIpc) is 2.63. The van der Waals surface area contributed by atoms with Gasteiger partial charge in [0.1, 0.15) is 0 Å². The van der Waals surface area contributed by atoms with E-state index in [2.05, 4.69) is 0 Å². The summed E-state index contributed by atoms with van der Waals surface area (Å²) in [7, 11) is 0. The van der Waals surface area contributed by atoms with Crippen LogP contribution in [0.1, 0.15) is 59.2 Å².